The van der Waals surface area contributed by atoms with Crippen LogP contribution in [-0.2, 0) is 16.1 Å². The minimum Gasteiger partial charge on any atom is -0.349 e. The standard InChI is InChI=1S/C21H25N3O2S2/c25-19(18-13-27-14-24(18)21(26)16-9-5-2-6-10-16)22-11-17-12-28-20(23-17)15-7-3-1-4-8-15/h1,3-4,7-8,12,16,18H,2,5-6,9-11,13-14H2,(H,22,25)/t18-/m1/s1. The van der Waals surface area contributed by atoms with E-state index in [2.05, 4.69) is 10.3 Å². The Bertz CT molecular complexity index is 818. The number of aromatic nitrogens is 1. The van der Waals surface area contributed by atoms with Crippen molar-refractivity contribution in [3.63, 3.8) is 0 Å². The maximum absolute atomic E-state index is 12.9. The van der Waals surface area contributed by atoms with Gasteiger partial charge >= 0.3 is 0 Å². The Balaban J connectivity index is 1.34. The van der Waals surface area contributed by atoms with Crippen LogP contribution in [0.5, 0.6) is 0 Å². The van der Waals surface area contributed by atoms with Crippen molar-refractivity contribution in [2.45, 2.75) is 44.7 Å². The molecule has 4 rings (SSSR count). The van der Waals surface area contributed by atoms with Gasteiger partial charge in [-0.05, 0) is 12.8 Å². The highest BCUT2D eigenvalue weighted by molar-refractivity contribution is 7.99. The van der Waals surface area contributed by atoms with Crippen molar-refractivity contribution < 1.29 is 9.59 Å². The van der Waals surface area contributed by atoms with Crippen LogP contribution in [0.4, 0.5) is 0 Å². The van der Waals surface area contributed by atoms with Gasteiger partial charge in [-0.2, -0.15) is 0 Å². The van der Waals surface area contributed by atoms with E-state index in [1.165, 1.54) is 6.42 Å². The van der Waals surface area contributed by atoms with E-state index in [1.807, 2.05) is 35.7 Å². The number of thioether (sulfide) groups is 1. The predicted octanol–water partition coefficient (Wildman–Crippen LogP) is 3.91. The minimum atomic E-state index is -0.355. The van der Waals surface area contributed by atoms with Gasteiger partial charge in [0, 0.05) is 22.6 Å². The molecule has 0 radical (unpaired) electrons. The van der Waals surface area contributed by atoms with Crippen LogP contribution in [0.3, 0.4) is 0 Å². The lowest BCUT2D eigenvalue weighted by Crippen LogP contribution is -2.49. The fraction of sp³-hybridized carbons (Fsp3) is 0.476. The topological polar surface area (TPSA) is 62.3 Å². The van der Waals surface area contributed by atoms with Gasteiger partial charge in [0.05, 0.1) is 18.1 Å². The third kappa shape index (κ3) is 4.41. The molecule has 0 bridgehead atoms. The molecular weight excluding hydrogens is 390 g/mol. The van der Waals surface area contributed by atoms with E-state index < -0.39 is 0 Å². The zero-order valence-corrected chi connectivity index (χ0v) is 17.4. The van der Waals surface area contributed by atoms with Crippen molar-refractivity contribution in [1.29, 1.82) is 0 Å². The summed E-state index contributed by atoms with van der Waals surface area (Å²) in [5.41, 5.74) is 1.94. The van der Waals surface area contributed by atoms with E-state index >= 15 is 0 Å². The lowest BCUT2D eigenvalue weighted by atomic mass is 9.88. The fourth-order valence-corrected chi connectivity index (χ4v) is 5.85. The van der Waals surface area contributed by atoms with Gasteiger partial charge < -0.3 is 10.2 Å². The number of amides is 2. The molecule has 7 heteroatoms. The molecule has 1 aromatic carbocycles. The summed E-state index contributed by atoms with van der Waals surface area (Å²) >= 11 is 3.24. The predicted molar refractivity (Wildman–Crippen MR) is 114 cm³/mol. The van der Waals surface area contributed by atoms with Gasteiger partial charge in [-0.1, -0.05) is 49.6 Å². The summed E-state index contributed by atoms with van der Waals surface area (Å²) in [6, 6.07) is 9.68. The SMILES string of the molecule is O=C(NCc1csc(-c2ccccc2)n1)[C@H]1CSCN1C(=O)C1CCCCC1. The molecule has 1 aliphatic carbocycles. The van der Waals surface area contributed by atoms with Gasteiger partial charge in [-0.25, -0.2) is 4.98 Å². The lowest BCUT2D eigenvalue weighted by Gasteiger charge is -2.29. The molecule has 2 amide bonds. The Morgan fingerprint density at radius 2 is 1.93 bits per heavy atom. The molecule has 0 spiro atoms. The van der Waals surface area contributed by atoms with Gasteiger partial charge in [-0.3, -0.25) is 9.59 Å². The third-order valence-corrected chi connectivity index (χ3v) is 7.39. The van der Waals surface area contributed by atoms with Gasteiger partial charge in [0.1, 0.15) is 11.0 Å². The van der Waals surface area contributed by atoms with Crippen molar-refractivity contribution >= 4 is 34.9 Å². The highest BCUT2D eigenvalue weighted by atomic mass is 32.2. The molecule has 1 saturated heterocycles. The molecule has 2 heterocycles. The second kappa shape index (κ2) is 9.09. The van der Waals surface area contributed by atoms with Gasteiger partial charge in [0.25, 0.3) is 0 Å². The fourth-order valence-electron chi connectivity index (χ4n) is 3.86. The molecule has 2 aliphatic rings. The number of carbonyl (C=O) groups is 2. The molecule has 1 saturated carbocycles. The van der Waals surface area contributed by atoms with Crippen LogP contribution in [-0.4, -0.2) is 39.4 Å². The highest BCUT2D eigenvalue weighted by Crippen LogP contribution is 2.30. The Morgan fingerprint density at radius 3 is 2.71 bits per heavy atom. The Morgan fingerprint density at radius 1 is 1.14 bits per heavy atom. The molecule has 5 nitrogen and oxygen atoms in total. The van der Waals surface area contributed by atoms with Crippen LogP contribution in [0, 0.1) is 5.92 Å². The van der Waals surface area contributed by atoms with E-state index in [0.717, 1.165) is 41.9 Å². The molecule has 2 fully saturated rings. The number of benzene rings is 1. The number of nitrogens with one attached hydrogen (secondary N) is 1. The summed E-state index contributed by atoms with van der Waals surface area (Å²) in [6.07, 6.45) is 5.41. The molecule has 0 unspecified atom stereocenters. The van der Waals surface area contributed by atoms with Gasteiger partial charge in [0.2, 0.25) is 11.8 Å². The van der Waals surface area contributed by atoms with Gasteiger partial charge in [0.15, 0.2) is 0 Å². The van der Waals surface area contributed by atoms with E-state index in [0.29, 0.717) is 18.2 Å². The average molecular weight is 416 g/mol. The van der Waals surface area contributed by atoms with E-state index in [4.69, 9.17) is 0 Å². The largest absolute Gasteiger partial charge is 0.349 e. The molecule has 2 aromatic rings. The van der Waals surface area contributed by atoms with E-state index in [9.17, 15) is 9.59 Å². The second-order valence-electron chi connectivity index (χ2n) is 7.39. The van der Waals surface area contributed by atoms with Crippen molar-refractivity contribution in [1.82, 2.24) is 15.2 Å². The van der Waals surface area contributed by atoms with Crippen LogP contribution >= 0.6 is 23.1 Å². The van der Waals surface area contributed by atoms with E-state index in [-0.39, 0.29) is 23.8 Å². The lowest BCUT2D eigenvalue weighted by molar-refractivity contribution is -0.142. The summed E-state index contributed by atoms with van der Waals surface area (Å²) < 4.78 is 0. The number of hydrogen-bond donors (Lipinski definition) is 1. The normalized spacial score (nSPS) is 20.3. The summed E-state index contributed by atoms with van der Waals surface area (Å²) in [6.45, 7) is 0.398. The first kappa shape index (κ1) is 19.5. The third-order valence-electron chi connectivity index (χ3n) is 5.44. The summed E-state index contributed by atoms with van der Waals surface area (Å²) in [4.78, 5) is 32.0. The van der Waals surface area contributed by atoms with Crippen LogP contribution in [0.1, 0.15) is 37.8 Å². The molecule has 148 valence electrons. The quantitative estimate of drug-likeness (QED) is 0.804. The monoisotopic (exact) mass is 415 g/mol. The van der Waals surface area contributed by atoms with Crippen LogP contribution in [0.25, 0.3) is 10.6 Å². The van der Waals surface area contributed by atoms with Crippen molar-refractivity contribution in [2.24, 2.45) is 5.92 Å². The van der Waals surface area contributed by atoms with E-state index in [1.54, 1.807) is 28.0 Å². The molecule has 1 aliphatic heterocycles. The molecule has 1 N–H and O–H groups in total. The molecule has 1 aromatic heterocycles. The van der Waals surface area contributed by atoms with Crippen LogP contribution in [0.15, 0.2) is 35.7 Å². The summed E-state index contributed by atoms with van der Waals surface area (Å²) in [7, 11) is 0. The van der Waals surface area contributed by atoms with Gasteiger partial charge in [-0.15, -0.1) is 23.1 Å². The zero-order valence-electron chi connectivity index (χ0n) is 15.8. The number of hydrogen-bond acceptors (Lipinski definition) is 5. The van der Waals surface area contributed by atoms with Crippen LogP contribution in [0.2, 0.25) is 0 Å². The minimum absolute atomic E-state index is 0.0663. The van der Waals surface area contributed by atoms with Crippen molar-refractivity contribution in [3.8, 4) is 10.6 Å². The average Bonchev–Trinajstić information content (AvgIpc) is 3.43. The number of carbonyl (C=O) groups excluding carboxylic acids is 2. The number of nitrogens with zero attached hydrogens (tertiary/aromatic N) is 2. The highest BCUT2D eigenvalue weighted by Gasteiger charge is 2.37. The van der Waals surface area contributed by atoms with Crippen LogP contribution < -0.4 is 5.32 Å². The maximum Gasteiger partial charge on any atom is 0.244 e. The first-order valence-electron chi connectivity index (χ1n) is 9.88. The molecule has 28 heavy (non-hydrogen) atoms. The maximum atomic E-state index is 12.9. The Labute approximate surface area is 173 Å². The van der Waals surface area contributed by atoms with Crippen molar-refractivity contribution in [2.75, 3.05) is 11.6 Å². The molecule has 1 atom stereocenters. The number of thiazole rings is 1. The van der Waals surface area contributed by atoms with Crippen molar-refractivity contribution in [3.05, 3.63) is 41.4 Å². The summed E-state index contributed by atoms with van der Waals surface area (Å²) in [5, 5.41) is 5.93. The first-order chi connectivity index (χ1) is 13.7. The number of rotatable bonds is 5. The molecular formula is C21H25N3O2S2. The Hall–Kier alpha value is -1.86. The second-order valence-corrected chi connectivity index (χ2v) is 9.24. The first-order valence-corrected chi connectivity index (χ1v) is 11.9. The Kier molecular flexibility index (Phi) is 6.32. The zero-order chi connectivity index (χ0) is 19.3. The summed E-state index contributed by atoms with van der Waals surface area (Å²) in [5.74, 6) is 1.52. The smallest absolute Gasteiger partial charge is 0.244 e.